The molecule has 0 aliphatic rings. The molecule has 0 bridgehead atoms. The van der Waals surface area contributed by atoms with Gasteiger partial charge in [0.15, 0.2) is 0 Å². The first kappa shape index (κ1) is 23.6. The van der Waals surface area contributed by atoms with E-state index in [4.69, 9.17) is 0 Å². The maximum absolute atomic E-state index is 11.7. The highest BCUT2D eigenvalue weighted by Crippen LogP contribution is 2.18. The van der Waals surface area contributed by atoms with E-state index < -0.39 is 24.0 Å². The highest BCUT2D eigenvalue weighted by molar-refractivity contribution is 5.99. The molecule has 0 spiro atoms. The Hall–Kier alpha value is -2.38. The number of carboxylic acids is 2. The molecule has 8 heteroatoms. The first-order valence-electron chi connectivity index (χ1n) is 8.66. The lowest BCUT2D eigenvalue weighted by Crippen LogP contribution is -2.38. The fourth-order valence-electron chi connectivity index (χ4n) is 2.21. The number of carbonyl (C=O) groups is 4. The average molecular weight is 370 g/mol. The van der Waals surface area contributed by atoms with Crippen molar-refractivity contribution in [3.05, 3.63) is 11.1 Å². The van der Waals surface area contributed by atoms with Crippen molar-refractivity contribution < 1.29 is 29.4 Å². The zero-order valence-corrected chi connectivity index (χ0v) is 16.3. The fraction of sp³-hybridized carbons (Fsp3) is 0.667. The van der Waals surface area contributed by atoms with Gasteiger partial charge in [-0.15, -0.1) is 0 Å². The van der Waals surface area contributed by atoms with Crippen LogP contribution in [0.1, 0.15) is 54.4 Å². The van der Waals surface area contributed by atoms with E-state index >= 15 is 0 Å². The van der Waals surface area contributed by atoms with E-state index in [2.05, 4.69) is 10.6 Å². The Kier molecular flexibility index (Phi) is 9.61. The minimum Gasteiger partial charge on any atom is -0.478 e. The van der Waals surface area contributed by atoms with Crippen LogP contribution in [-0.2, 0) is 19.2 Å². The summed E-state index contributed by atoms with van der Waals surface area (Å²) in [6.45, 7) is 10.1. The Morgan fingerprint density at radius 2 is 0.923 bits per heavy atom. The van der Waals surface area contributed by atoms with Crippen LogP contribution in [0.15, 0.2) is 11.1 Å². The molecule has 0 fully saturated rings. The molecule has 2 atom stereocenters. The normalized spacial score (nSPS) is 14.5. The minimum absolute atomic E-state index is 0.125. The maximum Gasteiger partial charge on any atom is 0.332 e. The zero-order valence-electron chi connectivity index (χ0n) is 16.3. The van der Waals surface area contributed by atoms with E-state index in [-0.39, 0.29) is 47.6 Å². The van der Waals surface area contributed by atoms with Crippen molar-refractivity contribution in [2.45, 2.75) is 66.5 Å². The van der Waals surface area contributed by atoms with Crippen molar-refractivity contribution in [2.24, 2.45) is 11.8 Å². The van der Waals surface area contributed by atoms with Gasteiger partial charge in [0.2, 0.25) is 11.8 Å². The predicted octanol–water partition coefficient (Wildman–Crippen LogP) is 1.55. The summed E-state index contributed by atoms with van der Waals surface area (Å²) in [5.41, 5.74) is -0.556. The lowest BCUT2D eigenvalue weighted by molar-refractivity contribution is -0.136. The molecular formula is C18H30N2O6. The molecule has 8 nitrogen and oxygen atoms in total. The molecule has 0 aliphatic heterocycles. The molecule has 0 aromatic rings. The second-order valence-corrected chi connectivity index (χ2v) is 7.10. The molecule has 0 heterocycles. The summed E-state index contributed by atoms with van der Waals surface area (Å²) in [5, 5.41) is 24.2. The first-order chi connectivity index (χ1) is 11.9. The van der Waals surface area contributed by atoms with E-state index in [1.807, 2.05) is 0 Å². The number of hydrogen-bond donors (Lipinski definition) is 4. The molecule has 0 saturated heterocycles. The molecule has 148 valence electrons. The lowest BCUT2D eigenvalue weighted by atomic mass is 9.96. The quantitative estimate of drug-likeness (QED) is 0.431. The minimum atomic E-state index is -1.35. The third-order valence-electron chi connectivity index (χ3n) is 3.73. The van der Waals surface area contributed by atoms with Crippen LogP contribution in [0.5, 0.6) is 0 Å². The third kappa shape index (κ3) is 8.13. The second-order valence-electron chi connectivity index (χ2n) is 7.10. The van der Waals surface area contributed by atoms with Crippen LogP contribution in [0.4, 0.5) is 0 Å². The molecule has 4 N–H and O–H groups in total. The number of aliphatic carboxylic acids is 2. The van der Waals surface area contributed by atoms with E-state index in [9.17, 15) is 29.4 Å². The Morgan fingerprint density at radius 1 is 0.654 bits per heavy atom. The third-order valence-corrected chi connectivity index (χ3v) is 3.73. The predicted molar refractivity (Wildman–Crippen MR) is 96.4 cm³/mol. The van der Waals surface area contributed by atoms with Crippen molar-refractivity contribution in [3.63, 3.8) is 0 Å². The summed E-state index contributed by atoms with van der Waals surface area (Å²) in [5.74, 6) is -3.71. The second kappa shape index (κ2) is 10.6. The Balaban J connectivity index is 5.41. The van der Waals surface area contributed by atoms with Gasteiger partial charge in [0, 0.05) is 47.9 Å². The van der Waals surface area contributed by atoms with Crippen LogP contribution in [0.25, 0.3) is 0 Å². The van der Waals surface area contributed by atoms with Gasteiger partial charge < -0.3 is 20.8 Å². The van der Waals surface area contributed by atoms with E-state index in [1.165, 1.54) is 0 Å². The highest BCUT2D eigenvalue weighted by Gasteiger charge is 2.25. The summed E-state index contributed by atoms with van der Waals surface area (Å²) >= 11 is 0. The van der Waals surface area contributed by atoms with E-state index in [0.29, 0.717) is 0 Å². The highest BCUT2D eigenvalue weighted by atomic mass is 16.4. The van der Waals surface area contributed by atoms with Crippen molar-refractivity contribution in [2.75, 3.05) is 0 Å². The molecule has 2 amide bonds. The van der Waals surface area contributed by atoms with Crippen LogP contribution in [0.3, 0.4) is 0 Å². The first-order valence-corrected chi connectivity index (χ1v) is 8.66. The summed E-state index contributed by atoms with van der Waals surface area (Å²) < 4.78 is 0. The molecular weight excluding hydrogens is 340 g/mol. The summed E-state index contributed by atoms with van der Waals surface area (Å²) in [6.07, 6.45) is -0.249. The van der Waals surface area contributed by atoms with E-state index in [0.717, 1.165) is 0 Å². The SMILES string of the molecule is CC(C)C(=O)N[C@H](C)CC(C(=O)O)=C(C[C@@H](C)NC(=O)C(C)C)C(=O)O. The largest absolute Gasteiger partial charge is 0.478 e. The van der Waals surface area contributed by atoms with Crippen molar-refractivity contribution >= 4 is 23.8 Å². The van der Waals surface area contributed by atoms with Crippen LogP contribution in [-0.4, -0.2) is 46.0 Å². The Morgan fingerprint density at radius 3 is 1.12 bits per heavy atom. The van der Waals surface area contributed by atoms with Gasteiger partial charge in [0.05, 0.1) is 0 Å². The molecule has 0 radical (unpaired) electrons. The molecule has 0 saturated carbocycles. The standard InChI is InChI=1S/C18H30N2O6/c1-9(2)15(21)19-11(5)7-13(17(23)24)14(18(25)26)8-12(6)20-16(22)10(3)4/h9-12H,7-8H2,1-6H3,(H,19,21)(H,20,22)(H,23,24)(H,25,26)/t11-,12-/m1/s1. The Bertz CT molecular complexity index is 530. The summed E-state index contributed by atoms with van der Waals surface area (Å²) in [4.78, 5) is 46.6. The van der Waals surface area contributed by atoms with Crippen LogP contribution < -0.4 is 10.6 Å². The van der Waals surface area contributed by atoms with Gasteiger partial charge in [-0.1, -0.05) is 27.7 Å². The summed E-state index contributed by atoms with van der Waals surface area (Å²) in [6, 6.07) is -1.07. The van der Waals surface area contributed by atoms with E-state index in [1.54, 1.807) is 41.5 Å². The van der Waals surface area contributed by atoms with Crippen molar-refractivity contribution in [3.8, 4) is 0 Å². The van der Waals surface area contributed by atoms with Crippen LogP contribution >= 0.6 is 0 Å². The number of carbonyl (C=O) groups excluding carboxylic acids is 2. The number of hydrogen-bond acceptors (Lipinski definition) is 4. The molecule has 0 aliphatic carbocycles. The Labute approximate surface area is 154 Å². The average Bonchev–Trinajstić information content (AvgIpc) is 2.49. The zero-order chi connectivity index (χ0) is 20.6. The van der Waals surface area contributed by atoms with Gasteiger partial charge in [-0.2, -0.15) is 0 Å². The van der Waals surface area contributed by atoms with Gasteiger partial charge in [0.1, 0.15) is 0 Å². The van der Waals surface area contributed by atoms with Gasteiger partial charge in [-0.3, -0.25) is 9.59 Å². The number of nitrogens with one attached hydrogen (secondary N) is 2. The smallest absolute Gasteiger partial charge is 0.332 e. The van der Waals surface area contributed by atoms with Gasteiger partial charge >= 0.3 is 11.9 Å². The molecule has 26 heavy (non-hydrogen) atoms. The van der Waals surface area contributed by atoms with Crippen LogP contribution in [0.2, 0.25) is 0 Å². The summed E-state index contributed by atoms with van der Waals surface area (Å²) in [7, 11) is 0. The van der Waals surface area contributed by atoms with Gasteiger partial charge in [-0.25, -0.2) is 9.59 Å². The topological polar surface area (TPSA) is 133 Å². The number of amides is 2. The monoisotopic (exact) mass is 370 g/mol. The molecule has 0 aromatic heterocycles. The lowest BCUT2D eigenvalue weighted by Gasteiger charge is -2.20. The van der Waals surface area contributed by atoms with Crippen molar-refractivity contribution in [1.29, 1.82) is 0 Å². The molecule has 0 unspecified atom stereocenters. The maximum atomic E-state index is 11.7. The van der Waals surface area contributed by atoms with Crippen molar-refractivity contribution in [1.82, 2.24) is 10.6 Å². The molecule has 0 aromatic carbocycles. The fourth-order valence-corrected chi connectivity index (χ4v) is 2.21. The van der Waals surface area contributed by atoms with Crippen LogP contribution in [0, 0.1) is 11.8 Å². The molecule has 0 rings (SSSR count). The van der Waals surface area contributed by atoms with Gasteiger partial charge in [0.25, 0.3) is 0 Å². The van der Waals surface area contributed by atoms with Gasteiger partial charge in [-0.05, 0) is 13.8 Å². The number of carboxylic acid groups (broad SMARTS) is 2. The number of rotatable bonds is 10.